The monoisotopic (exact) mass is 363 g/mol. The lowest BCUT2D eigenvalue weighted by atomic mass is 10.0. The maximum absolute atomic E-state index is 6.05. The van der Waals surface area contributed by atoms with E-state index >= 15 is 0 Å². The molecule has 1 aliphatic rings. The molecule has 2 rings (SSSR count). The molecule has 1 aromatic carbocycles. The maximum atomic E-state index is 6.05. The average molecular weight is 364 g/mol. The molecule has 146 valence electrons. The van der Waals surface area contributed by atoms with E-state index in [2.05, 4.69) is 26.2 Å². The van der Waals surface area contributed by atoms with Gasteiger partial charge in [0.2, 0.25) is 0 Å². The normalized spacial score (nSPS) is 17.3. The number of aliphatic imine (C=N–C) groups is 1. The average Bonchev–Trinajstić information content (AvgIpc) is 2.66. The Balaban J connectivity index is 1.80. The van der Waals surface area contributed by atoms with E-state index in [0.717, 1.165) is 57.1 Å². The van der Waals surface area contributed by atoms with E-state index in [9.17, 15) is 0 Å². The molecule has 0 aliphatic carbocycles. The van der Waals surface area contributed by atoms with Crippen LogP contribution in [-0.4, -0.2) is 82.9 Å². The molecular formula is C19H33N5O2. The first-order valence-corrected chi connectivity index (χ1v) is 9.25. The van der Waals surface area contributed by atoms with Crippen LogP contribution in [0, 0.1) is 0 Å². The summed E-state index contributed by atoms with van der Waals surface area (Å²) >= 11 is 0. The number of morpholine rings is 1. The number of nitrogens with zero attached hydrogens (tertiary/aromatic N) is 3. The van der Waals surface area contributed by atoms with Crippen LogP contribution in [0.3, 0.4) is 0 Å². The lowest BCUT2D eigenvalue weighted by Crippen LogP contribution is -2.39. The van der Waals surface area contributed by atoms with Crippen molar-refractivity contribution >= 4 is 5.96 Å². The quantitative estimate of drug-likeness (QED) is 0.386. The molecule has 0 radical (unpaired) electrons. The molecule has 0 amide bonds. The number of benzene rings is 1. The number of nitrogens with one attached hydrogen (secondary N) is 1. The minimum absolute atomic E-state index is 0.111. The highest BCUT2D eigenvalue weighted by molar-refractivity contribution is 5.77. The molecule has 0 saturated carbocycles. The van der Waals surface area contributed by atoms with Gasteiger partial charge in [-0.2, -0.15) is 0 Å². The molecule has 26 heavy (non-hydrogen) atoms. The summed E-state index contributed by atoms with van der Waals surface area (Å²) in [5, 5.41) is 3.22. The molecule has 3 N–H and O–H groups in total. The van der Waals surface area contributed by atoms with E-state index < -0.39 is 0 Å². The zero-order valence-corrected chi connectivity index (χ0v) is 16.3. The van der Waals surface area contributed by atoms with Crippen molar-refractivity contribution in [3.63, 3.8) is 0 Å². The highest BCUT2D eigenvalue weighted by Gasteiger charge is 2.17. The van der Waals surface area contributed by atoms with Crippen molar-refractivity contribution in [2.75, 3.05) is 67.1 Å². The number of hydrogen-bond donors (Lipinski definition) is 2. The van der Waals surface area contributed by atoms with Crippen molar-refractivity contribution in [1.82, 2.24) is 15.1 Å². The van der Waals surface area contributed by atoms with Crippen molar-refractivity contribution in [1.29, 1.82) is 0 Å². The van der Waals surface area contributed by atoms with Gasteiger partial charge in [-0.1, -0.05) is 18.2 Å². The number of para-hydroxylation sites is 1. The summed E-state index contributed by atoms with van der Waals surface area (Å²) < 4.78 is 10.8. The summed E-state index contributed by atoms with van der Waals surface area (Å²) in [7, 11) is 5.77. The molecule has 1 unspecified atom stereocenters. The van der Waals surface area contributed by atoms with Gasteiger partial charge in [-0.25, -0.2) is 0 Å². The van der Waals surface area contributed by atoms with Crippen molar-refractivity contribution in [3.8, 4) is 5.75 Å². The largest absolute Gasteiger partial charge is 0.496 e. The van der Waals surface area contributed by atoms with Gasteiger partial charge in [-0.05, 0) is 33.1 Å². The Labute approximate surface area is 157 Å². The molecular weight excluding hydrogens is 330 g/mol. The van der Waals surface area contributed by atoms with Crippen LogP contribution >= 0.6 is 0 Å². The third kappa shape index (κ3) is 6.48. The topological polar surface area (TPSA) is 75.3 Å². The molecule has 7 heteroatoms. The molecule has 0 spiro atoms. The van der Waals surface area contributed by atoms with Gasteiger partial charge in [0.25, 0.3) is 0 Å². The fraction of sp³-hybridized carbons (Fsp3) is 0.632. The number of guanidine groups is 1. The van der Waals surface area contributed by atoms with E-state index in [1.54, 1.807) is 7.11 Å². The number of nitrogens with two attached hydrogens (primary N) is 1. The summed E-state index contributed by atoms with van der Waals surface area (Å²) in [6, 6.07) is 8.15. The molecule has 1 saturated heterocycles. The first-order valence-electron chi connectivity index (χ1n) is 9.25. The predicted octanol–water partition coefficient (Wildman–Crippen LogP) is 0.925. The number of ether oxygens (including phenoxy) is 2. The Morgan fingerprint density at radius 2 is 2.08 bits per heavy atom. The van der Waals surface area contributed by atoms with Crippen molar-refractivity contribution in [2.45, 2.75) is 12.5 Å². The van der Waals surface area contributed by atoms with Crippen molar-refractivity contribution < 1.29 is 9.47 Å². The van der Waals surface area contributed by atoms with Gasteiger partial charge in [0.15, 0.2) is 5.96 Å². The van der Waals surface area contributed by atoms with E-state index in [4.69, 9.17) is 15.2 Å². The number of rotatable bonds is 9. The van der Waals surface area contributed by atoms with Gasteiger partial charge < -0.3 is 25.4 Å². The maximum Gasteiger partial charge on any atom is 0.188 e. The molecule has 0 aromatic heterocycles. The smallest absolute Gasteiger partial charge is 0.188 e. The van der Waals surface area contributed by atoms with Gasteiger partial charge in [0.05, 0.1) is 32.9 Å². The van der Waals surface area contributed by atoms with Crippen LogP contribution in [0.4, 0.5) is 0 Å². The molecule has 1 atom stereocenters. The third-order valence-electron chi connectivity index (χ3n) is 4.62. The van der Waals surface area contributed by atoms with Gasteiger partial charge in [0.1, 0.15) is 5.75 Å². The number of methoxy groups -OCH3 is 1. The molecule has 0 bridgehead atoms. The summed E-state index contributed by atoms with van der Waals surface area (Å²) in [5.41, 5.74) is 7.16. The fourth-order valence-corrected chi connectivity index (χ4v) is 3.07. The molecule has 1 heterocycles. The Morgan fingerprint density at radius 1 is 1.35 bits per heavy atom. The van der Waals surface area contributed by atoms with Gasteiger partial charge in [0, 0.05) is 25.2 Å². The molecule has 7 nitrogen and oxygen atoms in total. The second kappa shape index (κ2) is 11.0. The zero-order valence-electron chi connectivity index (χ0n) is 16.3. The van der Waals surface area contributed by atoms with E-state index in [1.165, 1.54) is 0 Å². The Bertz CT molecular complexity index is 559. The lowest BCUT2D eigenvalue weighted by molar-refractivity contribution is 0.0376. The predicted molar refractivity (Wildman–Crippen MR) is 106 cm³/mol. The van der Waals surface area contributed by atoms with Crippen LogP contribution in [0.5, 0.6) is 5.75 Å². The Kier molecular flexibility index (Phi) is 8.67. The summed E-state index contributed by atoms with van der Waals surface area (Å²) in [5.74, 6) is 1.37. The van der Waals surface area contributed by atoms with Crippen molar-refractivity contribution in [2.24, 2.45) is 10.7 Å². The molecule has 1 aliphatic heterocycles. The minimum Gasteiger partial charge on any atom is -0.496 e. The highest BCUT2D eigenvalue weighted by atomic mass is 16.5. The number of hydrogen-bond acceptors (Lipinski definition) is 5. The van der Waals surface area contributed by atoms with Gasteiger partial charge in [-0.15, -0.1) is 0 Å². The zero-order chi connectivity index (χ0) is 18.8. The second-order valence-electron chi connectivity index (χ2n) is 6.68. The van der Waals surface area contributed by atoms with E-state index in [0.29, 0.717) is 12.5 Å². The SMILES string of the molecule is COc1ccccc1C(CN=C(N)NCCCN1CCOCC1)N(C)C. The first kappa shape index (κ1) is 20.5. The first-order chi connectivity index (χ1) is 12.6. The van der Waals surface area contributed by atoms with Crippen molar-refractivity contribution in [3.05, 3.63) is 29.8 Å². The highest BCUT2D eigenvalue weighted by Crippen LogP contribution is 2.27. The fourth-order valence-electron chi connectivity index (χ4n) is 3.07. The molecule has 1 fully saturated rings. The van der Waals surface area contributed by atoms with E-state index in [1.807, 2.05) is 32.3 Å². The third-order valence-corrected chi connectivity index (χ3v) is 4.62. The Hall–Kier alpha value is -1.83. The van der Waals surface area contributed by atoms with Gasteiger partial charge in [-0.3, -0.25) is 9.89 Å². The number of likely N-dealkylation sites (N-methyl/N-ethyl adjacent to an activating group) is 1. The van der Waals surface area contributed by atoms with Gasteiger partial charge >= 0.3 is 0 Å². The van der Waals surface area contributed by atoms with Crippen LogP contribution in [0.2, 0.25) is 0 Å². The second-order valence-corrected chi connectivity index (χ2v) is 6.68. The van der Waals surface area contributed by atoms with Crippen LogP contribution < -0.4 is 15.8 Å². The summed E-state index contributed by atoms with van der Waals surface area (Å²) in [6.07, 6.45) is 1.04. The Morgan fingerprint density at radius 3 is 2.77 bits per heavy atom. The molecule has 1 aromatic rings. The van der Waals surface area contributed by atoms with Crippen LogP contribution in [0.15, 0.2) is 29.3 Å². The van der Waals surface area contributed by atoms with Crippen LogP contribution in [0.1, 0.15) is 18.0 Å². The summed E-state index contributed by atoms with van der Waals surface area (Å²) in [6.45, 7) is 6.19. The van der Waals surface area contributed by atoms with E-state index in [-0.39, 0.29) is 6.04 Å². The minimum atomic E-state index is 0.111. The summed E-state index contributed by atoms with van der Waals surface area (Å²) in [4.78, 5) is 9.09. The van der Waals surface area contributed by atoms with Crippen LogP contribution in [-0.2, 0) is 4.74 Å². The lowest BCUT2D eigenvalue weighted by Gasteiger charge is -2.26. The van der Waals surface area contributed by atoms with Crippen LogP contribution in [0.25, 0.3) is 0 Å². The standard InChI is InChI=1S/C19H33N5O2/c1-23(2)17(16-7-4-5-8-18(16)25-3)15-22-19(20)21-9-6-10-24-11-13-26-14-12-24/h4-5,7-8,17H,6,9-15H2,1-3H3,(H3,20,21,22).